The van der Waals surface area contributed by atoms with Crippen LogP contribution in [0.15, 0.2) is 24.3 Å². The minimum absolute atomic E-state index is 0.0360. The van der Waals surface area contributed by atoms with Crippen molar-refractivity contribution in [1.82, 2.24) is 4.90 Å². The van der Waals surface area contributed by atoms with Crippen molar-refractivity contribution in [3.63, 3.8) is 0 Å². The quantitative estimate of drug-likeness (QED) is 0.656. The topological polar surface area (TPSA) is 46.3 Å². The van der Waals surface area contributed by atoms with Gasteiger partial charge in [-0.05, 0) is 56.6 Å². The number of benzene rings is 1. The first-order valence-corrected chi connectivity index (χ1v) is 6.86. The summed E-state index contributed by atoms with van der Waals surface area (Å²) in [5, 5.41) is 0. The molecule has 1 aromatic carbocycles. The Bertz CT molecular complexity index is 393. The number of carbonyl (C=O) groups is 1. The first-order valence-electron chi connectivity index (χ1n) is 6.86. The summed E-state index contributed by atoms with van der Waals surface area (Å²) in [7, 11) is 0. The van der Waals surface area contributed by atoms with Gasteiger partial charge in [0.25, 0.3) is 0 Å². The molecule has 1 atom stereocenters. The summed E-state index contributed by atoms with van der Waals surface area (Å²) in [5.74, 6) is 0.236. The van der Waals surface area contributed by atoms with Crippen molar-refractivity contribution in [2.45, 2.75) is 38.6 Å². The zero-order valence-electron chi connectivity index (χ0n) is 11.1. The molecule has 1 aromatic rings. The molecular formula is C15H22N2O. The molecule has 0 spiro atoms. The molecule has 1 aliphatic rings. The van der Waals surface area contributed by atoms with Crippen molar-refractivity contribution >= 4 is 11.5 Å². The maximum atomic E-state index is 12.5. The van der Waals surface area contributed by atoms with Gasteiger partial charge in [0.2, 0.25) is 0 Å². The third kappa shape index (κ3) is 2.91. The lowest BCUT2D eigenvalue weighted by Gasteiger charge is -2.33. The molecule has 0 aliphatic carbocycles. The number of anilines is 1. The van der Waals surface area contributed by atoms with Crippen LogP contribution in [-0.2, 0) is 0 Å². The number of ketones is 1. The van der Waals surface area contributed by atoms with Gasteiger partial charge in [0.15, 0.2) is 5.78 Å². The van der Waals surface area contributed by atoms with Gasteiger partial charge in [-0.15, -0.1) is 0 Å². The van der Waals surface area contributed by atoms with Crippen LogP contribution in [0.2, 0.25) is 0 Å². The van der Waals surface area contributed by atoms with E-state index in [9.17, 15) is 4.79 Å². The Labute approximate surface area is 109 Å². The lowest BCUT2D eigenvalue weighted by atomic mass is 9.98. The molecule has 3 nitrogen and oxygen atoms in total. The zero-order chi connectivity index (χ0) is 13.0. The summed E-state index contributed by atoms with van der Waals surface area (Å²) in [5.41, 5.74) is 7.14. The number of nitrogens with zero attached hydrogens (tertiary/aromatic N) is 1. The Morgan fingerprint density at radius 3 is 2.39 bits per heavy atom. The molecule has 3 heteroatoms. The number of likely N-dealkylation sites (tertiary alicyclic amines) is 1. The van der Waals surface area contributed by atoms with Gasteiger partial charge in [-0.2, -0.15) is 0 Å². The molecule has 2 rings (SSSR count). The highest BCUT2D eigenvalue weighted by Gasteiger charge is 2.26. The molecule has 1 fully saturated rings. The van der Waals surface area contributed by atoms with Crippen molar-refractivity contribution in [2.24, 2.45) is 0 Å². The van der Waals surface area contributed by atoms with E-state index < -0.39 is 0 Å². The van der Waals surface area contributed by atoms with Crippen LogP contribution in [0.3, 0.4) is 0 Å². The number of Topliss-reactive ketones (excluding diaryl/α,β-unsaturated/α-hetero) is 1. The third-order valence-corrected chi connectivity index (χ3v) is 3.72. The Hall–Kier alpha value is -1.35. The first-order chi connectivity index (χ1) is 8.72. The molecule has 98 valence electrons. The van der Waals surface area contributed by atoms with Gasteiger partial charge in [-0.25, -0.2) is 0 Å². The predicted octanol–water partition coefficient (Wildman–Crippen LogP) is 2.72. The molecular weight excluding hydrogens is 224 g/mol. The van der Waals surface area contributed by atoms with Gasteiger partial charge < -0.3 is 5.73 Å². The van der Waals surface area contributed by atoms with E-state index in [4.69, 9.17) is 5.73 Å². The molecule has 1 saturated heterocycles. The summed E-state index contributed by atoms with van der Waals surface area (Å²) >= 11 is 0. The van der Waals surface area contributed by atoms with Crippen LogP contribution in [0.4, 0.5) is 5.69 Å². The number of rotatable bonds is 4. The average molecular weight is 246 g/mol. The van der Waals surface area contributed by atoms with E-state index in [-0.39, 0.29) is 11.8 Å². The van der Waals surface area contributed by atoms with Crippen LogP contribution < -0.4 is 5.73 Å². The summed E-state index contributed by atoms with van der Waals surface area (Å²) in [6.07, 6.45) is 4.60. The van der Waals surface area contributed by atoms with E-state index in [0.717, 1.165) is 25.1 Å². The van der Waals surface area contributed by atoms with Crippen molar-refractivity contribution in [3.8, 4) is 0 Å². The van der Waals surface area contributed by atoms with E-state index in [1.165, 1.54) is 19.3 Å². The smallest absolute Gasteiger partial charge is 0.179 e. The van der Waals surface area contributed by atoms with Crippen LogP contribution in [-0.4, -0.2) is 29.8 Å². The monoisotopic (exact) mass is 246 g/mol. The first kappa shape index (κ1) is 13.1. The van der Waals surface area contributed by atoms with Gasteiger partial charge in [0.05, 0.1) is 6.04 Å². The van der Waals surface area contributed by atoms with Gasteiger partial charge in [0.1, 0.15) is 0 Å². The maximum Gasteiger partial charge on any atom is 0.179 e. The highest BCUT2D eigenvalue weighted by atomic mass is 16.1. The maximum absolute atomic E-state index is 12.5. The summed E-state index contributed by atoms with van der Waals surface area (Å²) in [6, 6.07) is 7.31. The second-order valence-electron chi connectivity index (χ2n) is 5.01. The zero-order valence-corrected chi connectivity index (χ0v) is 11.1. The molecule has 1 unspecified atom stereocenters. The molecule has 0 bridgehead atoms. The second-order valence-corrected chi connectivity index (χ2v) is 5.01. The molecule has 0 saturated carbocycles. The fraction of sp³-hybridized carbons (Fsp3) is 0.533. The Morgan fingerprint density at radius 2 is 1.83 bits per heavy atom. The summed E-state index contributed by atoms with van der Waals surface area (Å²) in [6.45, 7) is 4.20. The lowest BCUT2D eigenvalue weighted by molar-refractivity contribution is 0.0777. The van der Waals surface area contributed by atoms with Crippen LogP contribution >= 0.6 is 0 Å². The highest BCUT2D eigenvalue weighted by Crippen LogP contribution is 2.18. The molecule has 0 radical (unpaired) electrons. The SMILES string of the molecule is CCC(C(=O)c1ccc(N)cc1)N1CCCCC1. The summed E-state index contributed by atoms with van der Waals surface area (Å²) < 4.78 is 0. The fourth-order valence-electron chi connectivity index (χ4n) is 2.68. The Morgan fingerprint density at radius 1 is 1.22 bits per heavy atom. The predicted molar refractivity (Wildman–Crippen MR) is 74.7 cm³/mol. The average Bonchev–Trinajstić information content (AvgIpc) is 2.41. The van der Waals surface area contributed by atoms with Gasteiger partial charge in [0, 0.05) is 11.3 Å². The molecule has 2 N–H and O–H groups in total. The van der Waals surface area contributed by atoms with E-state index in [0.29, 0.717) is 5.69 Å². The van der Waals surface area contributed by atoms with Crippen LogP contribution in [0.1, 0.15) is 43.0 Å². The molecule has 1 heterocycles. The standard InChI is InChI=1S/C15H22N2O/c1-2-14(17-10-4-3-5-11-17)15(18)12-6-8-13(16)9-7-12/h6-9,14H,2-5,10-11,16H2,1H3. The fourth-order valence-corrected chi connectivity index (χ4v) is 2.68. The van der Waals surface area contributed by atoms with Gasteiger partial charge in [-0.3, -0.25) is 9.69 Å². The van der Waals surface area contributed by atoms with Crippen molar-refractivity contribution in [1.29, 1.82) is 0 Å². The highest BCUT2D eigenvalue weighted by molar-refractivity contribution is 6.00. The molecule has 0 aromatic heterocycles. The second kappa shape index (κ2) is 6.01. The Kier molecular flexibility index (Phi) is 4.37. The van der Waals surface area contributed by atoms with Crippen LogP contribution in [0.25, 0.3) is 0 Å². The van der Waals surface area contributed by atoms with Gasteiger partial charge in [-0.1, -0.05) is 13.3 Å². The number of hydrogen-bond acceptors (Lipinski definition) is 3. The van der Waals surface area contributed by atoms with Crippen LogP contribution in [0.5, 0.6) is 0 Å². The third-order valence-electron chi connectivity index (χ3n) is 3.72. The number of nitrogens with two attached hydrogens (primary N) is 1. The van der Waals surface area contributed by atoms with Crippen molar-refractivity contribution < 1.29 is 4.79 Å². The lowest BCUT2D eigenvalue weighted by Crippen LogP contribution is -2.43. The molecule has 1 aliphatic heterocycles. The normalized spacial score (nSPS) is 18.5. The van der Waals surface area contributed by atoms with Crippen molar-refractivity contribution in [2.75, 3.05) is 18.8 Å². The number of hydrogen-bond donors (Lipinski definition) is 1. The van der Waals surface area contributed by atoms with Crippen molar-refractivity contribution in [3.05, 3.63) is 29.8 Å². The van der Waals surface area contributed by atoms with E-state index in [1.54, 1.807) is 12.1 Å². The Balaban J connectivity index is 2.11. The van der Waals surface area contributed by atoms with E-state index >= 15 is 0 Å². The van der Waals surface area contributed by atoms with Gasteiger partial charge >= 0.3 is 0 Å². The van der Waals surface area contributed by atoms with Crippen LogP contribution in [0, 0.1) is 0 Å². The number of carbonyl (C=O) groups excluding carboxylic acids is 1. The van der Waals surface area contributed by atoms with E-state index in [2.05, 4.69) is 11.8 Å². The summed E-state index contributed by atoms with van der Waals surface area (Å²) in [4.78, 5) is 14.8. The minimum Gasteiger partial charge on any atom is -0.399 e. The number of piperidine rings is 1. The largest absolute Gasteiger partial charge is 0.399 e. The minimum atomic E-state index is 0.0360. The van der Waals surface area contributed by atoms with E-state index in [1.807, 2.05) is 12.1 Å². The number of nitrogen functional groups attached to an aromatic ring is 1. The molecule has 18 heavy (non-hydrogen) atoms. The molecule has 0 amide bonds.